The van der Waals surface area contributed by atoms with Crippen molar-refractivity contribution in [2.45, 2.75) is 205 Å². The molecule has 364 valence electrons. The van der Waals surface area contributed by atoms with E-state index in [4.69, 9.17) is 4.18 Å². The molecule has 2 amide bonds. The summed E-state index contributed by atoms with van der Waals surface area (Å²) in [6.07, 6.45) is 11.2. The fourth-order valence-electron chi connectivity index (χ4n) is 8.91. The standard InChI is InChI=1S/C42H72N2O16S3.3Na/c1-3-4-5-6-13-16-19-31(2)28-39(60-63(55,56)57)38(59-62(52,53)54)25-22-34(58-61(49,50)51)20-17-14-11-9-7-8-10-12-15-18-21-40(47)43-35-23-24-36-41-32(26-27-44(36)42(35)48)29-33(45)30-37(41)46;;;/h29-31,34-36,38-39,45-46H,3-28H2,1-2H3,(H,43,47)(H,49,50,51)(H,52,53,54)(H,55,56,57);;;/q;3*+1/p-3/t31-,34-,35-,36+,38-,39-;;;/m0.../s1. The summed E-state index contributed by atoms with van der Waals surface area (Å²) in [5, 5.41) is 23.2. The minimum absolute atomic E-state index is 0. The Labute approximate surface area is 460 Å². The first kappa shape index (κ1) is 66.4. The number of unbranched alkanes of at least 4 members (excludes halogenated alkanes) is 14. The molecule has 6 atom stereocenters. The fourth-order valence-corrected chi connectivity index (χ4v) is 10.5. The number of hydrogen-bond donors (Lipinski definition) is 3. The van der Waals surface area contributed by atoms with Crippen LogP contribution in [-0.2, 0) is 59.8 Å². The summed E-state index contributed by atoms with van der Waals surface area (Å²) in [7, 11) is -16.0. The molecular formula is C42H69N2Na3O16S3. The third-order valence-electron chi connectivity index (χ3n) is 12.0. The number of nitrogens with one attached hydrogen (secondary N) is 1. The molecule has 0 radical (unpaired) electrons. The molecule has 66 heavy (non-hydrogen) atoms. The quantitative estimate of drug-likeness (QED) is 0.0286. The van der Waals surface area contributed by atoms with E-state index in [0.717, 1.165) is 89.0 Å². The van der Waals surface area contributed by atoms with Gasteiger partial charge < -0.3 is 34.1 Å². The molecule has 0 aromatic heterocycles. The van der Waals surface area contributed by atoms with Crippen molar-refractivity contribution >= 4 is 43.0 Å². The van der Waals surface area contributed by atoms with Crippen molar-refractivity contribution in [3.8, 4) is 11.5 Å². The molecule has 0 bridgehead atoms. The number of carbonyl (C=O) groups excluding carboxylic acids is 2. The molecule has 0 spiro atoms. The topological polar surface area (TPSA) is 289 Å². The van der Waals surface area contributed by atoms with E-state index in [9.17, 15) is 58.7 Å². The normalized spacial score (nSPS) is 18.1. The maximum atomic E-state index is 13.2. The van der Waals surface area contributed by atoms with Crippen molar-refractivity contribution in [1.29, 1.82) is 0 Å². The van der Waals surface area contributed by atoms with Gasteiger partial charge in [0.2, 0.25) is 43.0 Å². The largest absolute Gasteiger partial charge is 1.00 e. The van der Waals surface area contributed by atoms with Gasteiger partial charge in [-0.1, -0.05) is 117 Å². The predicted molar refractivity (Wildman–Crippen MR) is 229 cm³/mol. The summed E-state index contributed by atoms with van der Waals surface area (Å²) in [5.74, 6) is -0.614. The van der Waals surface area contributed by atoms with Crippen LogP contribution in [0, 0.1) is 5.92 Å². The summed E-state index contributed by atoms with van der Waals surface area (Å²) in [6, 6.07) is 2.03. The Kier molecular flexibility index (Phi) is 34.1. The number of benzene rings is 1. The average molecular weight is 1020 g/mol. The molecule has 24 heteroatoms. The zero-order chi connectivity index (χ0) is 46.6. The first-order chi connectivity index (χ1) is 29.7. The van der Waals surface area contributed by atoms with Gasteiger partial charge in [-0.2, -0.15) is 0 Å². The van der Waals surface area contributed by atoms with Crippen molar-refractivity contribution < 1.29 is 160 Å². The first-order valence-electron chi connectivity index (χ1n) is 22.7. The number of aromatic hydroxyl groups is 2. The van der Waals surface area contributed by atoms with Gasteiger partial charge in [0.15, 0.2) is 0 Å². The molecule has 2 aliphatic heterocycles. The van der Waals surface area contributed by atoms with E-state index in [1.165, 1.54) is 6.07 Å². The number of carbonyl (C=O) groups is 2. The van der Waals surface area contributed by atoms with Crippen LogP contribution in [0.15, 0.2) is 12.1 Å². The molecule has 1 aromatic carbocycles. The van der Waals surface area contributed by atoms with Gasteiger partial charge in [0.1, 0.15) is 29.7 Å². The minimum atomic E-state index is -5.42. The van der Waals surface area contributed by atoms with Gasteiger partial charge in [0, 0.05) is 24.6 Å². The van der Waals surface area contributed by atoms with Crippen molar-refractivity contribution in [1.82, 2.24) is 10.2 Å². The number of amides is 2. The van der Waals surface area contributed by atoms with E-state index in [1.54, 1.807) is 17.9 Å². The van der Waals surface area contributed by atoms with E-state index in [-0.39, 0.29) is 143 Å². The summed E-state index contributed by atoms with van der Waals surface area (Å²) in [6.45, 7) is 4.31. The third-order valence-corrected chi connectivity index (χ3v) is 13.5. The van der Waals surface area contributed by atoms with Crippen LogP contribution in [0.1, 0.15) is 185 Å². The summed E-state index contributed by atoms with van der Waals surface area (Å²) < 4.78 is 118. The van der Waals surface area contributed by atoms with Gasteiger partial charge in [-0.25, -0.2) is 25.3 Å². The summed E-state index contributed by atoms with van der Waals surface area (Å²) in [4.78, 5) is 27.6. The molecular weight excluding hydrogens is 954 g/mol. The van der Waals surface area contributed by atoms with Crippen LogP contribution in [0.4, 0.5) is 0 Å². The molecule has 3 N–H and O–H groups in total. The smallest absolute Gasteiger partial charge is 0.726 e. The number of hydrogen-bond acceptors (Lipinski definition) is 16. The van der Waals surface area contributed by atoms with Crippen LogP contribution in [0.2, 0.25) is 0 Å². The molecule has 2 heterocycles. The van der Waals surface area contributed by atoms with Crippen LogP contribution < -0.4 is 94.0 Å². The molecule has 18 nitrogen and oxygen atoms in total. The molecule has 0 unspecified atom stereocenters. The first-order valence-corrected chi connectivity index (χ1v) is 26.7. The van der Waals surface area contributed by atoms with Crippen molar-refractivity contribution in [3.05, 3.63) is 23.3 Å². The second kappa shape index (κ2) is 33.9. The average Bonchev–Trinajstić information content (AvgIpc) is 3.17. The number of phenols is 2. The Hall–Kier alpha value is 0.370. The fraction of sp³-hybridized carbons (Fsp3) is 0.810. The molecule has 3 rings (SSSR count). The molecule has 2 aliphatic rings. The third kappa shape index (κ3) is 27.3. The zero-order valence-corrected chi connectivity index (χ0v) is 48.2. The Morgan fingerprint density at radius 2 is 1.23 bits per heavy atom. The van der Waals surface area contributed by atoms with Gasteiger partial charge in [-0.05, 0) is 68.9 Å². The van der Waals surface area contributed by atoms with Gasteiger partial charge >= 0.3 is 88.7 Å². The van der Waals surface area contributed by atoms with Gasteiger partial charge in [-0.3, -0.25) is 22.1 Å². The molecule has 1 saturated heterocycles. The van der Waals surface area contributed by atoms with Crippen LogP contribution >= 0.6 is 0 Å². The van der Waals surface area contributed by atoms with E-state index in [1.807, 2.05) is 0 Å². The maximum absolute atomic E-state index is 13.2. The SMILES string of the molecule is CCCCCCCC[C@H](C)C[C@H](OS(=O)(=O)[O-])[C@H](CC[C@H](CCCCCCCCCCCCC(=O)N[C@H]1CC[C@@H]2c3c(O)cc(O)cc3CCN2C1=O)OS(=O)(=O)[O-])OS(=O)(=O)[O-].[Na+].[Na+].[Na+]. The summed E-state index contributed by atoms with van der Waals surface area (Å²) in [5.41, 5.74) is 1.50. The Bertz CT molecular complexity index is 1910. The Morgan fingerprint density at radius 3 is 1.79 bits per heavy atom. The molecule has 0 aliphatic carbocycles. The predicted octanol–water partition coefficient (Wildman–Crippen LogP) is -2.41. The van der Waals surface area contributed by atoms with Crippen molar-refractivity contribution in [2.24, 2.45) is 5.92 Å². The number of fused-ring (bicyclic) bond motifs is 3. The second-order valence-corrected chi connectivity index (χ2v) is 20.3. The number of rotatable bonds is 33. The van der Waals surface area contributed by atoms with Crippen LogP contribution in [-0.4, -0.2) is 96.7 Å². The second-order valence-electron chi connectivity index (χ2n) is 17.3. The van der Waals surface area contributed by atoms with Gasteiger partial charge in [0.05, 0.1) is 12.1 Å². The number of phenolic OH excluding ortho intramolecular Hbond substituents is 2. The van der Waals surface area contributed by atoms with Crippen molar-refractivity contribution in [3.63, 3.8) is 0 Å². The van der Waals surface area contributed by atoms with E-state index in [0.29, 0.717) is 63.5 Å². The van der Waals surface area contributed by atoms with Crippen molar-refractivity contribution in [2.75, 3.05) is 6.54 Å². The number of nitrogens with zero attached hydrogens (tertiary/aromatic N) is 1. The van der Waals surface area contributed by atoms with Crippen LogP contribution in [0.5, 0.6) is 11.5 Å². The Morgan fingerprint density at radius 1 is 0.712 bits per heavy atom. The van der Waals surface area contributed by atoms with Gasteiger partial charge in [0.25, 0.3) is 0 Å². The molecule has 0 saturated carbocycles. The van der Waals surface area contributed by atoms with Crippen LogP contribution in [0.25, 0.3) is 0 Å². The monoisotopic (exact) mass is 1020 g/mol. The van der Waals surface area contributed by atoms with Gasteiger partial charge in [-0.15, -0.1) is 0 Å². The number of piperidine rings is 1. The Balaban J connectivity index is 0.0000141. The maximum Gasteiger partial charge on any atom is 1.00 e. The molecule has 1 fully saturated rings. The zero-order valence-electron chi connectivity index (χ0n) is 39.8. The van der Waals surface area contributed by atoms with E-state index in [2.05, 4.69) is 20.6 Å². The minimum Gasteiger partial charge on any atom is -0.726 e. The molecule has 1 aromatic rings. The van der Waals surface area contributed by atoms with E-state index >= 15 is 0 Å². The summed E-state index contributed by atoms with van der Waals surface area (Å²) >= 11 is 0. The van der Waals surface area contributed by atoms with E-state index < -0.39 is 62.0 Å². The van der Waals surface area contributed by atoms with Crippen LogP contribution in [0.3, 0.4) is 0 Å².